The van der Waals surface area contributed by atoms with Crippen LogP contribution in [0.4, 0.5) is 4.39 Å². The third kappa shape index (κ3) is 5.54. The van der Waals surface area contributed by atoms with Crippen LogP contribution in [0.5, 0.6) is 0 Å². The number of aromatic nitrogens is 1. The Morgan fingerprint density at radius 3 is 2.42 bits per heavy atom. The second-order valence-corrected chi connectivity index (χ2v) is 7.88. The van der Waals surface area contributed by atoms with Crippen molar-refractivity contribution >= 4 is 22.9 Å². The number of carbonyl (C=O) groups is 1. The maximum Gasteiger partial charge on any atom is 0.305 e. The number of hydrogen-bond donors (Lipinski definition) is 3. The lowest BCUT2D eigenvalue weighted by Crippen LogP contribution is -2.19. The molecule has 1 heterocycles. The van der Waals surface area contributed by atoms with E-state index < -0.39 is 24.6 Å². The molecule has 3 rings (SSSR count). The van der Waals surface area contributed by atoms with Gasteiger partial charge >= 0.3 is 5.97 Å². The molecule has 2 aromatic carbocycles. The van der Waals surface area contributed by atoms with Gasteiger partial charge in [0.15, 0.2) is 0 Å². The normalized spacial score (nSPS) is 13.7. The maximum absolute atomic E-state index is 13.6. The third-order valence-corrected chi connectivity index (χ3v) is 5.05. The highest BCUT2D eigenvalue weighted by atomic mass is 19.1. The SMILES string of the molecule is CC(C)c1nc2ccccc2c(-c2ccc(F)cc2)c1C=CC(O)CC(O)CC(=O)O. The largest absolute Gasteiger partial charge is 0.481 e. The molecule has 0 aliphatic carbocycles. The quantitative estimate of drug-likeness (QED) is 0.486. The molecule has 0 saturated heterocycles. The molecule has 0 saturated carbocycles. The Labute approximate surface area is 180 Å². The summed E-state index contributed by atoms with van der Waals surface area (Å²) >= 11 is 0. The number of aliphatic carboxylic acids is 1. The molecule has 6 heteroatoms. The second-order valence-electron chi connectivity index (χ2n) is 7.88. The number of rotatable bonds is 8. The van der Waals surface area contributed by atoms with Crippen LogP contribution in [-0.2, 0) is 4.79 Å². The number of nitrogens with zero attached hydrogens (tertiary/aromatic N) is 1. The van der Waals surface area contributed by atoms with Gasteiger partial charge in [-0.25, -0.2) is 4.39 Å². The van der Waals surface area contributed by atoms with Crippen molar-refractivity contribution in [1.29, 1.82) is 0 Å². The Bertz CT molecular complexity index is 1090. The summed E-state index contributed by atoms with van der Waals surface area (Å²) in [7, 11) is 0. The van der Waals surface area contributed by atoms with E-state index in [1.54, 1.807) is 18.2 Å². The van der Waals surface area contributed by atoms with Crippen LogP contribution in [0.15, 0.2) is 54.6 Å². The smallest absolute Gasteiger partial charge is 0.305 e. The number of benzene rings is 2. The average molecular weight is 423 g/mol. The predicted octanol–water partition coefficient (Wildman–Crippen LogP) is 4.76. The van der Waals surface area contributed by atoms with Crippen molar-refractivity contribution in [2.75, 3.05) is 0 Å². The number of carboxylic acids is 1. The Kier molecular flexibility index (Phi) is 7.15. The molecule has 0 fully saturated rings. The highest BCUT2D eigenvalue weighted by molar-refractivity contribution is 5.99. The van der Waals surface area contributed by atoms with Crippen molar-refractivity contribution in [3.05, 3.63) is 71.7 Å². The van der Waals surface area contributed by atoms with Crippen LogP contribution in [0.3, 0.4) is 0 Å². The monoisotopic (exact) mass is 423 g/mol. The zero-order valence-electron chi connectivity index (χ0n) is 17.5. The van der Waals surface area contributed by atoms with Crippen molar-refractivity contribution in [2.45, 2.75) is 44.8 Å². The van der Waals surface area contributed by atoms with Crippen LogP contribution in [0.2, 0.25) is 0 Å². The van der Waals surface area contributed by atoms with Crippen molar-refractivity contribution < 1.29 is 24.5 Å². The van der Waals surface area contributed by atoms with Gasteiger partial charge in [0, 0.05) is 22.9 Å². The summed E-state index contributed by atoms with van der Waals surface area (Å²) in [6.45, 7) is 4.05. The molecule has 0 aliphatic rings. The summed E-state index contributed by atoms with van der Waals surface area (Å²) in [6, 6.07) is 14.0. The lowest BCUT2D eigenvalue weighted by molar-refractivity contribution is -0.139. The van der Waals surface area contributed by atoms with E-state index in [9.17, 15) is 19.4 Å². The fraction of sp³-hybridized carbons (Fsp3) is 0.280. The van der Waals surface area contributed by atoms with Gasteiger partial charge in [-0.3, -0.25) is 9.78 Å². The Hall–Kier alpha value is -3.09. The average Bonchev–Trinajstić information content (AvgIpc) is 2.71. The molecule has 2 atom stereocenters. The summed E-state index contributed by atoms with van der Waals surface area (Å²) in [5.74, 6) is -1.37. The molecule has 0 amide bonds. The fourth-order valence-electron chi connectivity index (χ4n) is 3.63. The zero-order chi connectivity index (χ0) is 22.5. The zero-order valence-corrected chi connectivity index (χ0v) is 17.5. The molecule has 0 spiro atoms. The predicted molar refractivity (Wildman–Crippen MR) is 119 cm³/mol. The van der Waals surface area contributed by atoms with Gasteiger partial charge in [-0.1, -0.05) is 56.3 Å². The number of pyridine rings is 1. The molecule has 2 unspecified atom stereocenters. The second kappa shape index (κ2) is 9.81. The van der Waals surface area contributed by atoms with Crippen LogP contribution in [0.25, 0.3) is 28.1 Å². The first-order valence-corrected chi connectivity index (χ1v) is 10.2. The van der Waals surface area contributed by atoms with Crippen LogP contribution in [0.1, 0.15) is 43.9 Å². The molecule has 162 valence electrons. The van der Waals surface area contributed by atoms with Gasteiger partial charge < -0.3 is 15.3 Å². The number of hydrogen-bond acceptors (Lipinski definition) is 4. The van der Waals surface area contributed by atoms with Crippen LogP contribution < -0.4 is 0 Å². The molecule has 3 N–H and O–H groups in total. The Balaban J connectivity index is 2.12. The Morgan fingerprint density at radius 1 is 1.10 bits per heavy atom. The van der Waals surface area contributed by atoms with Gasteiger partial charge in [0.2, 0.25) is 0 Å². The molecule has 5 nitrogen and oxygen atoms in total. The van der Waals surface area contributed by atoms with E-state index >= 15 is 0 Å². The summed E-state index contributed by atoms with van der Waals surface area (Å²) in [6.07, 6.45) is 0.601. The molecule has 0 radical (unpaired) electrons. The highest BCUT2D eigenvalue weighted by Crippen LogP contribution is 2.36. The van der Waals surface area contributed by atoms with Gasteiger partial charge in [-0.05, 0) is 29.7 Å². The van der Waals surface area contributed by atoms with E-state index in [4.69, 9.17) is 10.1 Å². The number of para-hydroxylation sites is 1. The maximum atomic E-state index is 13.6. The molecule has 0 aliphatic heterocycles. The van der Waals surface area contributed by atoms with E-state index in [1.165, 1.54) is 18.2 Å². The van der Waals surface area contributed by atoms with Gasteiger partial charge in [0.05, 0.1) is 29.8 Å². The highest BCUT2D eigenvalue weighted by Gasteiger charge is 2.18. The van der Waals surface area contributed by atoms with E-state index in [1.807, 2.05) is 38.1 Å². The molecule has 31 heavy (non-hydrogen) atoms. The topological polar surface area (TPSA) is 90.7 Å². The van der Waals surface area contributed by atoms with Crippen molar-refractivity contribution in [2.24, 2.45) is 0 Å². The van der Waals surface area contributed by atoms with E-state index in [2.05, 4.69) is 0 Å². The summed E-state index contributed by atoms with van der Waals surface area (Å²) in [5, 5.41) is 29.8. The first kappa shape index (κ1) is 22.6. The first-order chi connectivity index (χ1) is 14.8. The van der Waals surface area contributed by atoms with Crippen molar-refractivity contribution in [3.8, 4) is 11.1 Å². The van der Waals surface area contributed by atoms with E-state index in [0.717, 1.165) is 33.3 Å². The Morgan fingerprint density at radius 2 is 1.77 bits per heavy atom. The van der Waals surface area contributed by atoms with Gasteiger partial charge in [0.25, 0.3) is 0 Å². The third-order valence-electron chi connectivity index (χ3n) is 5.05. The number of halogens is 1. The number of aliphatic hydroxyl groups is 2. The molecular formula is C25H26FNO4. The van der Waals surface area contributed by atoms with Crippen molar-refractivity contribution in [1.82, 2.24) is 4.98 Å². The van der Waals surface area contributed by atoms with Gasteiger partial charge in [-0.15, -0.1) is 0 Å². The standard InChI is InChI=1S/C25H26FNO4/c1-15(2)25-21(12-11-18(28)13-19(29)14-23(30)31)24(16-7-9-17(26)10-8-16)20-5-3-4-6-22(20)27-25/h3-12,15,18-19,28-29H,13-14H2,1-2H3,(H,30,31). The van der Waals surface area contributed by atoms with Gasteiger partial charge in [0.1, 0.15) is 5.82 Å². The number of carboxylic acid groups (broad SMARTS) is 1. The van der Waals surface area contributed by atoms with Crippen molar-refractivity contribution in [3.63, 3.8) is 0 Å². The number of fused-ring (bicyclic) bond motifs is 1. The summed E-state index contributed by atoms with van der Waals surface area (Å²) in [4.78, 5) is 15.6. The minimum Gasteiger partial charge on any atom is -0.481 e. The number of aliphatic hydroxyl groups excluding tert-OH is 2. The minimum absolute atomic E-state index is 0.0817. The van der Waals surface area contributed by atoms with E-state index in [-0.39, 0.29) is 18.2 Å². The van der Waals surface area contributed by atoms with Crippen LogP contribution in [0, 0.1) is 5.82 Å². The molecular weight excluding hydrogens is 397 g/mol. The summed E-state index contributed by atoms with van der Waals surface area (Å²) in [5.41, 5.74) is 4.14. The lowest BCUT2D eigenvalue weighted by atomic mass is 9.90. The van der Waals surface area contributed by atoms with Crippen LogP contribution in [-0.4, -0.2) is 38.5 Å². The molecule has 1 aromatic heterocycles. The molecule has 0 bridgehead atoms. The van der Waals surface area contributed by atoms with Crippen LogP contribution >= 0.6 is 0 Å². The molecule has 3 aromatic rings. The minimum atomic E-state index is -1.15. The summed E-state index contributed by atoms with van der Waals surface area (Å²) < 4.78 is 13.6. The lowest BCUT2D eigenvalue weighted by Gasteiger charge is -2.18. The first-order valence-electron chi connectivity index (χ1n) is 10.2. The van der Waals surface area contributed by atoms with E-state index in [0.29, 0.717) is 0 Å². The van der Waals surface area contributed by atoms with Gasteiger partial charge in [-0.2, -0.15) is 0 Å². The fourth-order valence-corrected chi connectivity index (χ4v) is 3.63.